The van der Waals surface area contributed by atoms with Gasteiger partial charge in [-0.25, -0.2) is 4.98 Å². The molecule has 4 nitrogen and oxygen atoms in total. The zero-order valence-corrected chi connectivity index (χ0v) is 14.1. The molecule has 0 aliphatic heterocycles. The van der Waals surface area contributed by atoms with Crippen molar-refractivity contribution in [3.8, 4) is 0 Å². The van der Waals surface area contributed by atoms with Gasteiger partial charge >= 0.3 is 0 Å². The van der Waals surface area contributed by atoms with E-state index in [2.05, 4.69) is 21.7 Å². The SMILES string of the molecule is Cn1c(SCCCCCn2cccn2)nc2cc(Cl)ccc21. The van der Waals surface area contributed by atoms with Gasteiger partial charge in [-0.2, -0.15) is 5.10 Å². The van der Waals surface area contributed by atoms with Crippen molar-refractivity contribution in [1.29, 1.82) is 0 Å². The molecular formula is C16H19ClN4S. The molecule has 0 radical (unpaired) electrons. The van der Waals surface area contributed by atoms with Crippen molar-refractivity contribution >= 4 is 34.4 Å². The van der Waals surface area contributed by atoms with Crippen LogP contribution in [0.25, 0.3) is 11.0 Å². The van der Waals surface area contributed by atoms with Crippen LogP contribution in [0, 0.1) is 0 Å². The first-order valence-electron chi connectivity index (χ1n) is 7.46. The average molecular weight is 335 g/mol. The van der Waals surface area contributed by atoms with Crippen LogP contribution >= 0.6 is 23.4 Å². The smallest absolute Gasteiger partial charge is 0.168 e. The third-order valence-corrected chi connectivity index (χ3v) is 4.97. The first-order valence-corrected chi connectivity index (χ1v) is 8.82. The number of hydrogen-bond acceptors (Lipinski definition) is 3. The van der Waals surface area contributed by atoms with Crippen LogP contribution in [0.3, 0.4) is 0 Å². The fourth-order valence-electron chi connectivity index (χ4n) is 2.43. The standard InChI is InChI=1S/C16H19ClN4S/c1-20-15-7-6-13(17)12-14(15)19-16(20)22-11-4-2-3-9-21-10-5-8-18-21/h5-8,10,12H,2-4,9,11H2,1H3. The summed E-state index contributed by atoms with van der Waals surface area (Å²) in [4.78, 5) is 4.66. The van der Waals surface area contributed by atoms with E-state index in [1.807, 2.05) is 53.1 Å². The molecule has 6 heteroatoms. The summed E-state index contributed by atoms with van der Waals surface area (Å²) < 4.78 is 4.13. The number of rotatable bonds is 7. The number of imidazole rings is 1. The highest BCUT2D eigenvalue weighted by Gasteiger charge is 2.08. The summed E-state index contributed by atoms with van der Waals surface area (Å²) in [6.45, 7) is 1.00. The van der Waals surface area contributed by atoms with Crippen LogP contribution in [0.1, 0.15) is 19.3 Å². The molecule has 3 aromatic rings. The Morgan fingerprint density at radius 3 is 2.95 bits per heavy atom. The van der Waals surface area contributed by atoms with Crippen molar-refractivity contribution in [3.63, 3.8) is 0 Å². The van der Waals surface area contributed by atoms with Gasteiger partial charge < -0.3 is 4.57 Å². The molecule has 0 fully saturated rings. The van der Waals surface area contributed by atoms with Gasteiger partial charge in [-0.1, -0.05) is 29.8 Å². The van der Waals surface area contributed by atoms with E-state index >= 15 is 0 Å². The maximum atomic E-state index is 6.02. The van der Waals surface area contributed by atoms with Crippen molar-refractivity contribution in [3.05, 3.63) is 41.7 Å². The normalized spacial score (nSPS) is 11.4. The van der Waals surface area contributed by atoms with Gasteiger partial charge in [0.1, 0.15) is 0 Å². The van der Waals surface area contributed by atoms with E-state index in [9.17, 15) is 0 Å². The Hall–Kier alpha value is -1.46. The number of thioether (sulfide) groups is 1. The summed E-state index contributed by atoms with van der Waals surface area (Å²) in [6.07, 6.45) is 7.41. The molecule has 2 heterocycles. The average Bonchev–Trinajstić information content (AvgIpc) is 3.11. The summed E-state index contributed by atoms with van der Waals surface area (Å²) in [5, 5.41) is 6.01. The van der Waals surface area contributed by atoms with Crippen LogP contribution in [0.15, 0.2) is 41.8 Å². The predicted molar refractivity (Wildman–Crippen MR) is 92.5 cm³/mol. The van der Waals surface area contributed by atoms with Crippen LogP contribution in [-0.2, 0) is 13.6 Å². The third-order valence-electron chi connectivity index (χ3n) is 3.62. The van der Waals surface area contributed by atoms with Crippen LogP contribution in [0.5, 0.6) is 0 Å². The van der Waals surface area contributed by atoms with Gasteiger partial charge in [0.2, 0.25) is 0 Å². The lowest BCUT2D eigenvalue weighted by Gasteiger charge is -2.03. The lowest BCUT2D eigenvalue weighted by molar-refractivity contribution is 0.554. The Kier molecular flexibility index (Phi) is 5.05. The van der Waals surface area contributed by atoms with E-state index in [1.54, 1.807) is 0 Å². The molecule has 22 heavy (non-hydrogen) atoms. The quantitative estimate of drug-likeness (QED) is 0.475. The topological polar surface area (TPSA) is 35.6 Å². The van der Waals surface area contributed by atoms with Crippen LogP contribution in [0.4, 0.5) is 0 Å². The molecule has 0 amide bonds. The number of aryl methyl sites for hydroxylation is 2. The number of aromatic nitrogens is 4. The molecule has 0 unspecified atom stereocenters. The fraction of sp³-hybridized carbons (Fsp3) is 0.375. The second-order valence-electron chi connectivity index (χ2n) is 5.26. The second-order valence-corrected chi connectivity index (χ2v) is 6.76. The highest BCUT2D eigenvalue weighted by molar-refractivity contribution is 7.99. The molecule has 3 rings (SSSR count). The molecule has 0 bridgehead atoms. The van der Waals surface area contributed by atoms with E-state index in [1.165, 1.54) is 19.3 Å². The Bertz CT molecular complexity index is 736. The van der Waals surface area contributed by atoms with E-state index in [0.717, 1.165) is 33.5 Å². The molecular weight excluding hydrogens is 316 g/mol. The van der Waals surface area contributed by atoms with Gasteiger partial charge in [0.25, 0.3) is 0 Å². The molecule has 0 saturated carbocycles. The minimum atomic E-state index is 0.737. The van der Waals surface area contributed by atoms with Gasteiger partial charge in [0.05, 0.1) is 11.0 Å². The summed E-state index contributed by atoms with van der Waals surface area (Å²) in [6, 6.07) is 7.83. The highest BCUT2D eigenvalue weighted by Crippen LogP contribution is 2.25. The van der Waals surface area contributed by atoms with Crippen molar-refractivity contribution < 1.29 is 0 Å². The van der Waals surface area contributed by atoms with Crippen molar-refractivity contribution in [1.82, 2.24) is 19.3 Å². The van der Waals surface area contributed by atoms with E-state index in [0.29, 0.717) is 0 Å². The molecule has 116 valence electrons. The minimum absolute atomic E-state index is 0.737. The molecule has 0 saturated heterocycles. The van der Waals surface area contributed by atoms with Crippen molar-refractivity contribution in [2.75, 3.05) is 5.75 Å². The lowest BCUT2D eigenvalue weighted by atomic mass is 10.2. The third kappa shape index (κ3) is 3.65. The molecule has 2 aromatic heterocycles. The summed E-state index contributed by atoms with van der Waals surface area (Å²) in [5.74, 6) is 1.09. The summed E-state index contributed by atoms with van der Waals surface area (Å²) in [7, 11) is 2.06. The monoisotopic (exact) mass is 334 g/mol. The maximum absolute atomic E-state index is 6.02. The molecule has 0 aliphatic carbocycles. The van der Waals surface area contributed by atoms with E-state index < -0.39 is 0 Å². The van der Waals surface area contributed by atoms with Crippen molar-refractivity contribution in [2.45, 2.75) is 31.0 Å². The first-order chi connectivity index (χ1) is 10.7. The zero-order chi connectivity index (χ0) is 15.4. The largest absolute Gasteiger partial charge is 0.322 e. The Morgan fingerprint density at radius 1 is 1.23 bits per heavy atom. The minimum Gasteiger partial charge on any atom is -0.322 e. The highest BCUT2D eigenvalue weighted by atomic mass is 35.5. The Labute approximate surface area is 139 Å². The predicted octanol–water partition coefficient (Wildman–Crippen LogP) is 4.39. The number of fused-ring (bicyclic) bond motifs is 1. The Morgan fingerprint density at radius 2 is 2.14 bits per heavy atom. The zero-order valence-electron chi connectivity index (χ0n) is 12.6. The summed E-state index contributed by atoms with van der Waals surface area (Å²) in [5.41, 5.74) is 2.10. The maximum Gasteiger partial charge on any atom is 0.168 e. The first kappa shape index (κ1) is 15.4. The molecule has 0 atom stereocenters. The van der Waals surface area contributed by atoms with Crippen LogP contribution < -0.4 is 0 Å². The number of halogens is 1. The molecule has 0 N–H and O–H groups in total. The summed E-state index contributed by atoms with van der Waals surface area (Å²) >= 11 is 7.83. The fourth-order valence-corrected chi connectivity index (χ4v) is 3.58. The van der Waals surface area contributed by atoms with Gasteiger partial charge in [0.15, 0.2) is 5.16 Å². The molecule has 0 aliphatic rings. The molecule has 0 spiro atoms. The van der Waals surface area contributed by atoms with E-state index in [4.69, 9.17) is 11.6 Å². The number of benzene rings is 1. The number of hydrogen-bond donors (Lipinski definition) is 0. The van der Waals surface area contributed by atoms with Crippen LogP contribution in [-0.4, -0.2) is 25.1 Å². The van der Waals surface area contributed by atoms with Crippen LogP contribution in [0.2, 0.25) is 5.02 Å². The van der Waals surface area contributed by atoms with Gasteiger partial charge in [-0.15, -0.1) is 0 Å². The number of nitrogens with zero attached hydrogens (tertiary/aromatic N) is 4. The molecule has 1 aromatic carbocycles. The van der Waals surface area contributed by atoms with Gasteiger partial charge in [-0.3, -0.25) is 4.68 Å². The lowest BCUT2D eigenvalue weighted by Crippen LogP contribution is -1.98. The Balaban J connectivity index is 1.46. The van der Waals surface area contributed by atoms with Crippen molar-refractivity contribution in [2.24, 2.45) is 7.05 Å². The van der Waals surface area contributed by atoms with Gasteiger partial charge in [-0.05, 0) is 37.1 Å². The second kappa shape index (κ2) is 7.20. The van der Waals surface area contributed by atoms with E-state index in [-0.39, 0.29) is 0 Å². The number of unbranched alkanes of at least 4 members (excludes halogenated alkanes) is 2. The van der Waals surface area contributed by atoms with Gasteiger partial charge in [0, 0.05) is 36.8 Å².